The lowest BCUT2D eigenvalue weighted by atomic mass is 9.86. The van der Waals surface area contributed by atoms with Gasteiger partial charge >= 0.3 is 0 Å². The number of benzene rings is 2. The zero-order valence-corrected chi connectivity index (χ0v) is 22.6. The summed E-state index contributed by atoms with van der Waals surface area (Å²) in [5, 5.41) is 12.4. The maximum atomic E-state index is 12.5. The van der Waals surface area contributed by atoms with Crippen LogP contribution in [0.2, 0.25) is 10.0 Å². The predicted molar refractivity (Wildman–Crippen MR) is 152 cm³/mol. The monoisotopic (exact) mass is 539 g/mol. The number of likely N-dealkylation sites (tertiary alicyclic amines) is 2. The molecule has 2 fully saturated rings. The van der Waals surface area contributed by atoms with Gasteiger partial charge in [-0.05, 0) is 86.9 Å². The summed E-state index contributed by atoms with van der Waals surface area (Å²) in [6.07, 6.45) is 11.2. The van der Waals surface area contributed by atoms with E-state index in [4.69, 9.17) is 23.2 Å². The summed E-state index contributed by atoms with van der Waals surface area (Å²) in [5.74, 6) is 1.10. The smallest absolute Gasteiger partial charge is 0.187 e. The van der Waals surface area contributed by atoms with Gasteiger partial charge in [-0.2, -0.15) is 0 Å². The Morgan fingerprint density at radius 1 is 1.03 bits per heavy atom. The summed E-state index contributed by atoms with van der Waals surface area (Å²) in [6, 6.07) is 13.7. The van der Waals surface area contributed by atoms with E-state index >= 15 is 0 Å². The number of carbonyl (C=O) groups excluding carboxylic acids is 1. The third kappa shape index (κ3) is 6.23. The van der Waals surface area contributed by atoms with Crippen molar-refractivity contribution in [3.05, 3.63) is 82.1 Å². The van der Waals surface area contributed by atoms with Crippen molar-refractivity contribution in [1.82, 2.24) is 14.8 Å². The van der Waals surface area contributed by atoms with Crippen LogP contribution in [-0.2, 0) is 0 Å². The van der Waals surface area contributed by atoms with Crippen LogP contribution in [0.3, 0.4) is 0 Å². The van der Waals surface area contributed by atoms with Crippen molar-refractivity contribution >= 4 is 39.9 Å². The van der Waals surface area contributed by atoms with Gasteiger partial charge in [0.15, 0.2) is 5.78 Å². The SMILES string of the molecule is O=C(C=CN1CCC(CC(CO)N2CCC(c3c[nH]c4ccccc34)CC2)CC1)c1ccc(Cl)c(Cl)c1. The van der Waals surface area contributed by atoms with Crippen molar-refractivity contribution in [1.29, 1.82) is 0 Å². The summed E-state index contributed by atoms with van der Waals surface area (Å²) in [6.45, 7) is 4.14. The quantitative estimate of drug-likeness (QED) is 0.253. The largest absolute Gasteiger partial charge is 0.395 e. The first-order valence-corrected chi connectivity index (χ1v) is 14.1. The number of aromatic amines is 1. The van der Waals surface area contributed by atoms with Crippen molar-refractivity contribution < 1.29 is 9.90 Å². The first-order chi connectivity index (χ1) is 18.0. The fourth-order valence-electron chi connectivity index (χ4n) is 5.99. The molecule has 0 aliphatic carbocycles. The number of aromatic nitrogens is 1. The lowest BCUT2D eigenvalue weighted by Gasteiger charge is -2.39. The molecule has 3 aromatic rings. The van der Waals surface area contributed by atoms with Crippen LogP contribution in [0.15, 0.2) is 60.9 Å². The molecule has 196 valence electrons. The molecule has 2 saturated heterocycles. The van der Waals surface area contributed by atoms with Crippen LogP contribution in [0.4, 0.5) is 0 Å². The number of halogens is 2. The van der Waals surface area contributed by atoms with Crippen LogP contribution < -0.4 is 0 Å². The van der Waals surface area contributed by atoms with E-state index in [1.54, 1.807) is 24.3 Å². The number of para-hydroxylation sites is 1. The third-order valence-electron chi connectivity index (χ3n) is 8.21. The molecule has 1 aromatic heterocycles. The van der Waals surface area contributed by atoms with Gasteiger partial charge in [-0.25, -0.2) is 0 Å². The molecule has 3 heterocycles. The van der Waals surface area contributed by atoms with Crippen molar-refractivity contribution in [2.24, 2.45) is 5.92 Å². The van der Waals surface area contributed by atoms with Gasteiger partial charge in [-0.15, -0.1) is 0 Å². The molecule has 2 aliphatic rings. The number of rotatable bonds is 8. The van der Waals surface area contributed by atoms with E-state index in [0.717, 1.165) is 58.3 Å². The van der Waals surface area contributed by atoms with Crippen molar-refractivity contribution in [2.75, 3.05) is 32.8 Å². The second-order valence-electron chi connectivity index (χ2n) is 10.5. The van der Waals surface area contributed by atoms with Crippen LogP contribution in [0.1, 0.15) is 53.9 Å². The fourth-order valence-corrected chi connectivity index (χ4v) is 6.29. The molecule has 5 rings (SSSR count). The Hall–Kier alpha value is -2.31. The normalized spacial score (nSPS) is 19.2. The van der Waals surface area contributed by atoms with Gasteiger partial charge < -0.3 is 15.0 Å². The van der Waals surface area contributed by atoms with Crippen molar-refractivity contribution in [2.45, 2.75) is 44.1 Å². The highest BCUT2D eigenvalue weighted by molar-refractivity contribution is 6.42. The van der Waals surface area contributed by atoms with Crippen LogP contribution in [0, 0.1) is 5.92 Å². The minimum Gasteiger partial charge on any atom is -0.395 e. The highest BCUT2D eigenvalue weighted by Crippen LogP contribution is 2.34. The summed E-state index contributed by atoms with van der Waals surface area (Å²) in [7, 11) is 0. The molecule has 2 aromatic carbocycles. The molecule has 0 bridgehead atoms. The van der Waals surface area contributed by atoms with Gasteiger partial charge in [0.2, 0.25) is 0 Å². The number of hydrogen-bond acceptors (Lipinski definition) is 4. The molecular formula is C30H35Cl2N3O2. The summed E-state index contributed by atoms with van der Waals surface area (Å²) < 4.78 is 0. The zero-order valence-electron chi connectivity index (χ0n) is 21.1. The molecule has 1 unspecified atom stereocenters. The molecular weight excluding hydrogens is 505 g/mol. The molecule has 0 spiro atoms. The number of nitrogens with one attached hydrogen (secondary N) is 1. The molecule has 2 N–H and O–H groups in total. The topological polar surface area (TPSA) is 59.6 Å². The number of ketones is 1. The molecule has 37 heavy (non-hydrogen) atoms. The van der Waals surface area contributed by atoms with Crippen LogP contribution in [0.5, 0.6) is 0 Å². The second-order valence-corrected chi connectivity index (χ2v) is 11.3. The van der Waals surface area contributed by atoms with E-state index in [2.05, 4.69) is 45.2 Å². The minimum atomic E-state index is -0.0722. The summed E-state index contributed by atoms with van der Waals surface area (Å²) in [4.78, 5) is 20.6. The van der Waals surface area contributed by atoms with Gasteiger partial charge in [0.05, 0.1) is 16.7 Å². The van der Waals surface area contributed by atoms with Gasteiger partial charge in [-0.1, -0.05) is 41.4 Å². The Morgan fingerprint density at radius 3 is 2.51 bits per heavy atom. The molecule has 2 aliphatic heterocycles. The Kier molecular flexibility index (Phi) is 8.56. The van der Waals surface area contributed by atoms with Crippen LogP contribution >= 0.6 is 23.2 Å². The molecule has 1 atom stereocenters. The number of nitrogens with zero attached hydrogens (tertiary/aromatic N) is 2. The van der Waals surface area contributed by atoms with Gasteiger partial charge in [0.25, 0.3) is 0 Å². The third-order valence-corrected chi connectivity index (χ3v) is 8.95. The highest BCUT2D eigenvalue weighted by Gasteiger charge is 2.29. The number of carbonyl (C=O) groups is 1. The van der Waals surface area contributed by atoms with E-state index in [0.29, 0.717) is 27.4 Å². The summed E-state index contributed by atoms with van der Waals surface area (Å²) >= 11 is 12.0. The van der Waals surface area contributed by atoms with E-state index < -0.39 is 0 Å². The number of piperidine rings is 2. The molecule has 5 nitrogen and oxygen atoms in total. The van der Waals surface area contributed by atoms with Crippen LogP contribution in [0.25, 0.3) is 10.9 Å². The Labute approximate surface area is 229 Å². The van der Waals surface area contributed by atoms with E-state index in [1.165, 1.54) is 16.5 Å². The van der Waals surface area contributed by atoms with E-state index in [9.17, 15) is 9.90 Å². The first kappa shape index (κ1) is 26.3. The van der Waals surface area contributed by atoms with Gasteiger partial charge in [-0.3, -0.25) is 9.69 Å². The lowest BCUT2D eigenvalue weighted by molar-refractivity contribution is 0.0724. The second kappa shape index (κ2) is 12.0. The maximum Gasteiger partial charge on any atom is 0.187 e. The van der Waals surface area contributed by atoms with Crippen LogP contribution in [-0.4, -0.2) is 64.5 Å². The number of H-pyrrole nitrogens is 1. The zero-order chi connectivity index (χ0) is 25.8. The fraction of sp³-hybridized carbons (Fsp3) is 0.433. The van der Waals surface area contributed by atoms with Crippen molar-refractivity contribution in [3.63, 3.8) is 0 Å². The predicted octanol–water partition coefficient (Wildman–Crippen LogP) is 6.51. The Bertz CT molecular complexity index is 1240. The molecule has 0 radical (unpaired) electrons. The highest BCUT2D eigenvalue weighted by atomic mass is 35.5. The standard InChI is InChI=1S/C30H35Cl2N3O2/c31-27-6-5-23(18-28(27)32)30(37)11-14-34-12-7-21(8-13-34)17-24(20-36)35-15-9-22(10-16-35)26-19-33-29-4-2-1-3-25(26)29/h1-6,11,14,18-19,21-22,24,33,36H,7-10,12-13,15-17,20H2. The number of aliphatic hydroxyl groups excluding tert-OH is 1. The van der Waals surface area contributed by atoms with E-state index in [-0.39, 0.29) is 18.4 Å². The molecule has 0 saturated carbocycles. The Morgan fingerprint density at radius 2 is 1.78 bits per heavy atom. The number of allylic oxidation sites excluding steroid dienone is 1. The first-order valence-electron chi connectivity index (χ1n) is 13.3. The lowest BCUT2D eigenvalue weighted by Crippen LogP contribution is -2.44. The average Bonchev–Trinajstić information content (AvgIpc) is 3.37. The number of fused-ring (bicyclic) bond motifs is 1. The molecule has 7 heteroatoms. The minimum absolute atomic E-state index is 0.0722. The number of aliphatic hydroxyl groups is 1. The van der Waals surface area contributed by atoms with Crippen molar-refractivity contribution in [3.8, 4) is 0 Å². The molecule has 0 amide bonds. The van der Waals surface area contributed by atoms with Gasteiger partial charge in [0.1, 0.15) is 0 Å². The maximum absolute atomic E-state index is 12.5. The average molecular weight is 541 g/mol. The summed E-state index contributed by atoms with van der Waals surface area (Å²) in [5.41, 5.74) is 3.20. The number of hydrogen-bond donors (Lipinski definition) is 2. The van der Waals surface area contributed by atoms with Gasteiger partial charge in [0, 0.05) is 54.1 Å². The van der Waals surface area contributed by atoms with E-state index in [1.807, 2.05) is 6.20 Å². The Balaban J connectivity index is 1.08.